The van der Waals surface area contributed by atoms with Gasteiger partial charge in [0, 0.05) is 29.3 Å². The van der Waals surface area contributed by atoms with Crippen molar-refractivity contribution >= 4 is 23.7 Å². The van der Waals surface area contributed by atoms with E-state index in [1.165, 1.54) is 6.21 Å². The Labute approximate surface area is 152 Å². The van der Waals surface area contributed by atoms with Gasteiger partial charge < -0.3 is 14.8 Å². The van der Waals surface area contributed by atoms with E-state index in [4.69, 9.17) is 9.47 Å². The fourth-order valence-electron chi connectivity index (χ4n) is 2.10. The van der Waals surface area contributed by atoms with Crippen LogP contribution in [0, 0.1) is 0 Å². The Bertz CT molecular complexity index is 801. The van der Waals surface area contributed by atoms with E-state index in [2.05, 4.69) is 15.8 Å². The van der Waals surface area contributed by atoms with Gasteiger partial charge in [-0.25, -0.2) is 5.43 Å². The number of carbonyl (C=O) groups excluding carboxylic acids is 2. The Morgan fingerprint density at radius 2 is 1.81 bits per heavy atom. The molecular formula is C19H21N3O4. The molecule has 2 amide bonds. The molecule has 7 nitrogen and oxygen atoms in total. The highest BCUT2D eigenvalue weighted by Crippen LogP contribution is 2.23. The summed E-state index contributed by atoms with van der Waals surface area (Å²) in [6, 6.07) is 11.8. The van der Waals surface area contributed by atoms with Crippen molar-refractivity contribution in [3.05, 3.63) is 53.6 Å². The van der Waals surface area contributed by atoms with Crippen LogP contribution in [0.3, 0.4) is 0 Å². The zero-order chi connectivity index (χ0) is 18.9. The van der Waals surface area contributed by atoms with Gasteiger partial charge in [-0.15, -0.1) is 0 Å². The number of nitrogens with zero attached hydrogens (tertiary/aromatic N) is 1. The first-order chi connectivity index (χ1) is 12.6. The topological polar surface area (TPSA) is 89.0 Å². The largest absolute Gasteiger partial charge is 0.497 e. The average molecular weight is 355 g/mol. The summed E-state index contributed by atoms with van der Waals surface area (Å²) >= 11 is 0. The molecule has 2 aromatic carbocycles. The Hall–Kier alpha value is -3.35. The van der Waals surface area contributed by atoms with Crippen molar-refractivity contribution in [1.29, 1.82) is 0 Å². The molecule has 0 aliphatic carbocycles. The normalized spacial score (nSPS) is 10.4. The third-order valence-corrected chi connectivity index (χ3v) is 3.56. The Balaban J connectivity index is 2.00. The average Bonchev–Trinajstić information content (AvgIpc) is 2.68. The number of carbonyl (C=O) groups is 2. The highest BCUT2D eigenvalue weighted by Gasteiger charge is 2.06. The molecule has 0 aromatic heterocycles. The first kappa shape index (κ1) is 19.0. The fraction of sp³-hybridized carbons (Fsp3) is 0.211. The van der Waals surface area contributed by atoms with Gasteiger partial charge in [0.25, 0.3) is 5.91 Å². The molecule has 0 spiro atoms. The molecular weight excluding hydrogens is 334 g/mol. The summed E-state index contributed by atoms with van der Waals surface area (Å²) in [6.07, 6.45) is 1.89. The van der Waals surface area contributed by atoms with Crippen molar-refractivity contribution in [2.45, 2.75) is 13.3 Å². The Morgan fingerprint density at radius 3 is 2.42 bits per heavy atom. The summed E-state index contributed by atoms with van der Waals surface area (Å²) in [4.78, 5) is 23.5. The molecule has 0 saturated heterocycles. The lowest BCUT2D eigenvalue weighted by Crippen LogP contribution is -2.17. The van der Waals surface area contributed by atoms with Crippen molar-refractivity contribution in [2.24, 2.45) is 5.10 Å². The number of hydrazone groups is 1. The van der Waals surface area contributed by atoms with Crippen molar-refractivity contribution < 1.29 is 19.1 Å². The number of methoxy groups -OCH3 is 2. The van der Waals surface area contributed by atoms with Gasteiger partial charge in [0.15, 0.2) is 0 Å². The Morgan fingerprint density at radius 1 is 1.08 bits per heavy atom. The lowest BCUT2D eigenvalue weighted by Gasteiger charge is -2.07. The van der Waals surface area contributed by atoms with E-state index in [1.807, 2.05) is 0 Å². The van der Waals surface area contributed by atoms with Gasteiger partial charge in [-0.05, 0) is 36.4 Å². The zero-order valence-corrected chi connectivity index (χ0v) is 14.9. The molecule has 0 aliphatic heterocycles. The quantitative estimate of drug-likeness (QED) is 0.590. The van der Waals surface area contributed by atoms with E-state index in [-0.39, 0.29) is 11.8 Å². The van der Waals surface area contributed by atoms with E-state index in [9.17, 15) is 9.59 Å². The van der Waals surface area contributed by atoms with Crippen molar-refractivity contribution in [3.63, 3.8) is 0 Å². The lowest BCUT2D eigenvalue weighted by molar-refractivity contribution is -0.115. The molecule has 7 heteroatoms. The highest BCUT2D eigenvalue weighted by molar-refractivity contribution is 5.96. The molecule has 0 heterocycles. The summed E-state index contributed by atoms with van der Waals surface area (Å²) in [5.41, 5.74) is 4.22. The van der Waals surface area contributed by atoms with Crippen LogP contribution in [0.4, 0.5) is 5.69 Å². The van der Waals surface area contributed by atoms with Gasteiger partial charge in [0.2, 0.25) is 5.91 Å². The summed E-state index contributed by atoms with van der Waals surface area (Å²) in [5.74, 6) is 0.805. The standard InChI is InChI=1S/C19H21N3O4/c1-4-18(23)21-15-8-5-13(6-9-15)19(24)22-20-12-14-7-10-16(25-2)11-17(14)26-3/h5-12H,4H2,1-3H3,(H,21,23)(H,22,24)/b20-12+. The van der Waals surface area contributed by atoms with Gasteiger partial charge in [0.1, 0.15) is 11.5 Å². The third kappa shape index (κ3) is 5.07. The predicted octanol–water partition coefficient (Wildman–Crippen LogP) is 2.82. The zero-order valence-electron chi connectivity index (χ0n) is 14.9. The van der Waals surface area contributed by atoms with Crippen LogP contribution in [0.15, 0.2) is 47.6 Å². The van der Waals surface area contributed by atoms with Gasteiger partial charge in [0.05, 0.1) is 20.4 Å². The van der Waals surface area contributed by atoms with Crippen molar-refractivity contribution in [1.82, 2.24) is 5.43 Å². The number of benzene rings is 2. The maximum atomic E-state index is 12.1. The number of rotatable bonds is 7. The summed E-state index contributed by atoms with van der Waals surface area (Å²) in [7, 11) is 3.12. The second-order valence-electron chi connectivity index (χ2n) is 5.29. The van der Waals surface area contributed by atoms with Crippen LogP contribution in [0.25, 0.3) is 0 Å². The molecule has 0 radical (unpaired) electrons. The minimum Gasteiger partial charge on any atom is -0.497 e. The third-order valence-electron chi connectivity index (χ3n) is 3.56. The molecule has 0 fully saturated rings. The summed E-state index contributed by atoms with van der Waals surface area (Å²) < 4.78 is 10.4. The van der Waals surface area contributed by atoms with Gasteiger partial charge in [-0.1, -0.05) is 6.92 Å². The van der Waals surface area contributed by atoms with E-state index in [0.29, 0.717) is 34.7 Å². The van der Waals surface area contributed by atoms with Gasteiger partial charge in [-0.3, -0.25) is 9.59 Å². The molecule has 2 rings (SSSR count). The molecule has 136 valence electrons. The van der Waals surface area contributed by atoms with Crippen LogP contribution in [0.1, 0.15) is 29.3 Å². The number of nitrogens with one attached hydrogen (secondary N) is 2. The number of hydrogen-bond acceptors (Lipinski definition) is 5. The fourth-order valence-corrected chi connectivity index (χ4v) is 2.10. The molecule has 0 aliphatic rings. The molecule has 2 aromatic rings. The molecule has 0 saturated carbocycles. The molecule has 0 atom stereocenters. The lowest BCUT2D eigenvalue weighted by atomic mass is 10.2. The molecule has 0 bridgehead atoms. The van der Waals surface area contributed by atoms with E-state index in [0.717, 1.165) is 0 Å². The van der Waals surface area contributed by atoms with Crippen LogP contribution >= 0.6 is 0 Å². The van der Waals surface area contributed by atoms with Gasteiger partial charge >= 0.3 is 0 Å². The van der Waals surface area contributed by atoms with Crippen molar-refractivity contribution in [2.75, 3.05) is 19.5 Å². The summed E-state index contributed by atoms with van der Waals surface area (Å²) in [6.45, 7) is 1.77. The first-order valence-electron chi connectivity index (χ1n) is 8.02. The SMILES string of the molecule is CCC(=O)Nc1ccc(C(=O)N/N=C/c2ccc(OC)cc2OC)cc1. The van der Waals surface area contributed by atoms with Crippen LogP contribution in [-0.2, 0) is 4.79 Å². The first-order valence-corrected chi connectivity index (χ1v) is 8.02. The number of amides is 2. The second-order valence-corrected chi connectivity index (χ2v) is 5.29. The number of ether oxygens (including phenoxy) is 2. The van der Waals surface area contributed by atoms with Crippen LogP contribution in [0.5, 0.6) is 11.5 Å². The van der Waals surface area contributed by atoms with Crippen LogP contribution in [-0.4, -0.2) is 32.2 Å². The minimum absolute atomic E-state index is 0.0831. The van der Waals surface area contributed by atoms with E-state index >= 15 is 0 Å². The van der Waals surface area contributed by atoms with E-state index < -0.39 is 0 Å². The maximum Gasteiger partial charge on any atom is 0.271 e. The van der Waals surface area contributed by atoms with Gasteiger partial charge in [-0.2, -0.15) is 5.10 Å². The predicted molar refractivity (Wildman–Crippen MR) is 100.0 cm³/mol. The summed E-state index contributed by atoms with van der Waals surface area (Å²) in [5, 5.41) is 6.67. The number of hydrogen-bond donors (Lipinski definition) is 2. The molecule has 26 heavy (non-hydrogen) atoms. The monoisotopic (exact) mass is 355 g/mol. The maximum absolute atomic E-state index is 12.1. The van der Waals surface area contributed by atoms with Crippen LogP contribution < -0.4 is 20.2 Å². The molecule has 2 N–H and O–H groups in total. The smallest absolute Gasteiger partial charge is 0.271 e. The molecule has 0 unspecified atom stereocenters. The minimum atomic E-state index is -0.359. The van der Waals surface area contributed by atoms with Crippen LogP contribution in [0.2, 0.25) is 0 Å². The number of anilines is 1. The second kappa shape index (κ2) is 9.22. The van der Waals surface area contributed by atoms with Crippen molar-refractivity contribution in [3.8, 4) is 11.5 Å². The Kier molecular flexibility index (Phi) is 6.73. The van der Waals surface area contributed by atoms with E-state index in [1.54, 1.807) is 63.6 Å². The highest BCUT2D eigenvalue weighted by atomic mass is 16.5.